The Kier molecular flexibility index (Phi) is 7.59. The Morgan fingerprint density at radius 3 is 2.10 bits per heavy atom. The van der Waals surface area contributed by atoms with Crippen LogP contribution in [0.1, 0.15) is 36.7 Å². The smallest absolute Gasteiger partial charge is 0.308 e. The zero-order chi connectivity index (χ0) is 21.4. The maximum Gasteiger partial charge on any atom is 0.308 e. The number of nitrogens with zero attached hydrogens (tertiary/aromatic N) is 1. The molecule has 1 amide bonds. The van der Waals surface area contributed by atoms with Crippen LogP contribution in [-0.4, -0.2) is 38.4 Å². The number of carbonyl (C=O) groups is 2. The molecule has 2 aromatic carbocycles. The lowest BCUT2D eigenvalue weighted by Crippen LogP contribution is -2.17. The van der Waals surface area contributed by atoms with Gasteiger partial charge in [-0.15, -0.1) is 0 Å². The van der Waals surface area contributed by atoms with Crippen LogP contribution in [0.25, 0.3) is 0 Å². The summed E-state index contributed by atoms with van der Waals surface area (Å²) in [5.74, 6) is 0.591. The molecule has 2 aromatic rings. The van der Waals surface area contributed by atoms with E-state index >= 15 is 0 Å². The average molecular weight is 400 g/mol. The van der Waals surface area contributed by atoms with Gasteiger partial charge < -0.3 is 18.9 Å². The van der Waals surface area contributed by atoms with E-state index in [0.717, 1.165) is 0 Å². The number of amides is 1. The van der Waals surface area contributed by atoms with Crippen LogP contribution in [0.4, 0.5) is 0 Å². The van der Waals surface area contributed by atoms with E-state index in [0.29, 0.717) is 28.4 Å². The topological polar surface area (TPSA) is 95.5 Å². The molecule has 0 fully saturated rings. The summed E-state index contributed by atoms with van der Waals surface area (Å²) in [6, 6.07) is 9.97. The van der Waals surface area contributed by atoms with Gasteiger partial charge in [0.25, 0.3) is 5.91 Å². The Labute approximate surface area is 169 Å². The largest absolute Gasteiger partial charge is 0.493 e. The fourth-order valence-corrected chi connectivity index (χ4v) is 2.41. The number of hydrazone groups is 1. The second-order valence-corrected chi connectivity index (χ2v) is 6.24. The first kappa shape index (κ1) is 21.7. The number of benzene rings is 2. The Balaban J connectivity index is 2.11. The predicted molar refractivity (Wildman–Crippen MR) is 108 cm³/mol. The third-order valence-corrected chi connectivity index (χ3v) is 3.60. The van der Waals surface area contributed by atoms with Gasteiger partial charge in [-0.2, -0.15) is 5.10 Å². The molecule has 0 radical (unpaired) electrons. The molecule has 154 valence electrons. The second-order valence-electron chi connectivity index (χ2n) is 6.24. The van der Waals surface area contributed by atoms with Gasteiger partial charge in [0.05, 0.1) is 26.5 Å². The van der Waals surface area contributed by atoms with E-state index in [-0.39, 0.29) is 17.8 Å². The van der Waals surface area contributed by atoms with Gasteiger partial charge in [0.15, 0.2) is 11.5 Å². The zero-order valence-electron chi connectivity index (χ0n) is 17.0. The Morgan fingerprint density at radius 2 is 1.62 bits per heavy atom. The lowest BCUT2D eigenvalue weighted by atomic mass is 10.2. The molecule has 0 spiro atoms. The maximum absolute atomic E-state index is 12.2. The highest BCUT2D eigenvalue weighted by Gasteiger charge is 2.15. The number of carbonyl (C=O) groups excluding carboxylic acids is 2. The zero-order valence-corrected chi connectivity index (χ0v) is 17.0. The van der Waals surface area contributed by atoms with Crippen molar-refractivity contribution >= 4 is 18.1 Å². The van der Waals surface area contributed by atoms with Crippen LogP contribution in [0, 0.1) is 0 Å². The number of hydrogen-bond donors (Lipinski definition) is 1. The van der Waals surface area contributed by atoms with Gasteiger partial charge in [-0.1, -0.05) is 0 Å². The van der Waals surface area contributed by atoms with E-state index in [1.54, 1.807) is 36.4 Å². The number of methoxy groups -OCH3 is 2. The molecule has 0 aromatic heterocycles. The van der Waals surface area contributed by atoms with E-state index in [1.165, 1.54) is 27.4 Å². The summed E-state index contributed by atoms with van der Waals surface area (Å²) in [6.45, 7) is 5.14. The van der Waals surface area contributed by atoms with Gasteiger partial charge in [-0.3, -0.25) is 9.59 Å². The first-order valence-corrected chi connectivity index (χ1v) is 8.88. The van der Waals surface area contributed by atoms with Crippen molar-refractivity contribution in [3.05, 3.63) is 47.5 Å². The predicted octanol–water partition coefficient (Wildman–Crippen LogP) is 3.18. The molecule has 29 heavy (non-hydrogen) atoms. The molecule has 8 heteroatoms. The highest BCUT2D eigenvalue weighted by atomic mass is 16.6. The second kappa shape index (κ2) is 10.1. The molecule has 0 bridgehead atoms. The van der Waals surface area contributed by atoms with E-state index in [9.17, 15) is 9.59 Å². The van der Waals surface area contributed by atoms with E-state index in [4.69, 9.17) is 18.9 Å². The molecular formula is C21H24N2O6. The van der Waals surface area contributed by atoms with Crippen LogP contribution in [0.5, 0.6) is 23.0 Å². The fraction of sp³-hybridized carbons (Fsp3) is 0.286. The van der Waals surface area contributed by atoms with Crippen molar-refractivity contribution in [1.29, 1.82) is 0 Å². The molecule has 0 saturated heterocycles. The number of nitrogens with one attached hydrogen (secondary N) is 1. The third kappa shape index (κ3) is 6.24. The number of esters is 1. The van der Waals surface area contributed by atoms with Crippen molar-refractivity contribution in [1.82, 2.24) is 5.43 Å². The number of rotatable bonds is 8. The lowest BCUT2D eigenvalue weighted by Gasteiger charge is -2.13. The minimum atomic E-state index is -0.500. The molecule has 0 aliphatic heterocycles. The van der Waals surface area contributed by atoms with Crippen molar-refractivity contribution in [3.63, 3.8) is 0 Å². The highest BCUT2D eigenvalue weighted by Crippen LogP contribution is 2.38. The molecule has 8 nitrogen and oxygen atoms in total. The van der Waals surface area contributed by atoms with Crippen LogP contribution >= 0.6 is 0 Å². The molecule has 0 aliphatic carbocycles. The Bertz CT molecular complexity index is 866. The van der Waals surface area contributed by atoms with Crippen LogP contribution in [0.15, 0.2) is 41.5 Å². The SMILES string of the molecule is COc1cc(/C=N\NC(=O)c2ccc(OC(C)C)cc2)cc(OC)c1OC(C)=O. The minimum Gasteiger partial charge on any atom is -0.493 e. The first-order valence-electron chi connectivity index (χ1n) is 8.88. The first-order chi connectivity index (χ1) is 13.8. The van der Waals surface area contributed by atoms with Crippen LogP contribution < -0.4 is 24.4 Å². The van der Waals surface area contributed by atoms with E-state index in [1.807, 2.05) is 13.8 Å². The molecule has 0 unspecified atom stereocenters. The molecule has 0 aliphatic rings. The summed E-state index contributed by atoms with van der Waals surface area (Å²) in [7, 11) is 2.88. The van der Waals surface area contributed by atoms with Crippen LogP contribution in [0.2, 0.25) is 0 Å². The molecule has 0 saturated carbocycles. The summed E-state index contributed by atoms with van der Waals surface area (Å²) >= 11 is 0. The van der Waals surface area contributed by atoms with Gasteiger partial charge in [0.2, 0.25) is 5.75 Å². The van der Waals surface area contributed by atoms with Gasteiger partial charge in [-0.25, -0.2) is 5.43 Å². The van der Waals surface area contributed by atoms with E-state index < -0.39 is 5.97 Å². The summed E-state index contributed by atoms with van der Waals surface area (Å²) in [5.41, 5.74) is 3.47. The van der Waals surface area contributed by atoms with Crippen molar-refractivity contribution in [2.75, 3.05) is 14.2 Å². The van der Waals surface area contributed by atoms with Gasteiger partial charge in [0, 0.05) is 18.1 Å². The van der Waals surface area contributed by atoms with Crippen molar-refractivity contribution in [3.8, 4) is 23.0 Å². The summed E-state index contributed by atoms with van der Waals surface area (Å²) in [5, 5.41) is 3.96. The maximum atomic E-state index is 12.2. The number of hydrogen-bond acceptors (Lipinski definition) is 7. The van der Waals surface area contributed by atoms with E-state index in [2.05, 4.69) is 10.5 Å². The number of ether oxygens (including phenoxy) is 4. The fourth-order valence-electron chi connectivity index (χ4n) is 2.41. The van der Waals surface area contributed by atoms with Gasteiger partial charge in [0.1, 0.15) is 5.75 Å². The monoisotopic (exact) mass is 400 g/mol. The molecule has 0 atom stereocenters. The molecule has 2 rings (SSSR count). The van der Waals surface area contributed by atoms with Crippen molar-refractivity contribution in [2.45, 2.75) is 26.9 Å². The molecule has 0 heterocycles. The third-order valence-electron chi connectivity index (χ3n) is 3.60. The normalized spacial score (nSPS) is 10.7. The van der Waals surface area contributed by atoms with Gasteiger partial charge >= 0.3 is 5.97 Å². The van der Waals surface area contributed by atoms with Crippen LogP contribution in [-0.2, 0) is 4.79 Å². The van der Waals surface area contributed by atoms with Crippen molar-refractivity contribution in [2.24, 2.45) is 5.10 Å². The Morgan fingerprint density at radius 1 is 1.03 bits per heavy atom. The highest BCUT2D eigenvalue weighted by molar-refractivity contribution is 5.95. The quantitative estimate of drug-likeness (QED) is 0.316. The Hall–Kier alpha value is -3.55. The summed E-state index contributed by atoms with van der Waals surface area (Å²) < 4.78 is 21.2. The summed E-state index contributed by atoms with van der Waals surface area (Å²) in [6.07, 6.45) is 1.48. The van der Waals surface area contributed by atoms with Crippen LogP contribution in [0.3, 0.4) is 0 Å². The molecule has 1 N–H and O–H groups in total. The molecular weight excluding hydrogens is 376 g/mol. The summed E-state index contributed by atoms with van der Waals surface area (Å²) in [4.78, 5) is 23.5. The van der Waals surface area contributed by atoms with Gasteiger partial charge in [-0.05, 0) is 50.2 Å². The minimum absolute atomic E-state index is 0.0560. The average Bonchev–Trinajstić information content (AvgIpc) is 2.68. The standard InChI is InChI=1S/C21H24N2O6/c1-13(2)28-17-8-6-16(7-9-17)21(25)23-22-12-15-10-18(26-4)20(29-14(3)24)19(11-15)27-5/h6-13H,1-5H3,(H,23,25)/b22-12-. The lowest BCUT2D eigenvalue weighted by molar-refractivity contribution is -0.132. The van der Waals surface area contributed by atoms with Crippen molar-refractivity contribution < 1.29 is 28.5 Å².